The summed E-state index contributed by atoms with van der Waals surface area (Å²) >= 11 is 4.56. The van der Waals surface area contributed by atoms with Crippen molar-refractivity contribution in [3.8, 4) is 0 Å². The van der Waals surface area contributed by atoms with Crippen LogP contribution in [0.1, 0.15) is 36.2 Å². The number of nitrogens with one attached hydrogen (secondary N) is 1. The first-order chi connectivity index (χ1) is 12.3. The van der Waals surface area contributed by atoms with E-state index in [0.29, 0.717) is 0 Å². The van der Waals surface area contributed by atoms with Crippen LogP contribution in [0.3, 0.4) is 0 Å². The van der Waals surface area contributed by atoms with Crippen LogP contribution in [0, 0.1) is 0 Å². The molecule has 3 rings (SSSR count). The number of rotatable bonds is 6. The van der Waals surface area contributed by atoms with Crippen LogP contribution in [0.2, 0.25) is 0 Å². The molecule has 0 spiro atoms. The first-order valence-electron chi connectivity index (χ1n) is 8.61. The molecule has 0 fully saturated rings. The molecular formula is C21H25N3S. The van der Waals surface area contributed by atoms with Crippen LogP contribution in [0.4, 0.5) is 0 Å². The Morgan fingerprint density at radius 3 is 2.52 bits per heavy atom. The predicted octanol–water partition coefficient (Wildman–Crippen LogP) is 4.67. The molecule has 0 aliphatic carbocycles. The van der Waals surface area contributed by atoms with Crippen molar-refractivity contribution in [2.45, 2.75) is 38.3 Å². The fraction of sp³-hybridized carbons (Fsp3) is 0.238. The maximum absolute atomic E-state index is 4.56. The average Bonchev–Trinajstić information content (AvgIpc) is 2.68. The Balaban J connectivity index is 0.00000109. The highest BCUT2D eigenvalue weighted by molar-refractivity contribution is 7.80. The summed E-state index contributed by atoms with van der Waals surface area (Å²) in [5, 5.41) is 3.43. The molecule has 3 nitrogen and oxygen atoms in total. The van der Waals surface area contributed by atoms with E-state index < -0.39 is 0 Å². The lowest BCUT2D eigenvalue weighted by atomic mass is 10.0. The summed E-state index contributed by atoms with van der Waals surface area (Å²) < 4.78 is 0. The van der Waals surface area contributed by atoms with Crippen molar-refractivity contribution in [1.29, 1.82) is 0 Å². The maximum Gasteiger partial charge on any atom is 0.0541 e. The van der Waals surface area contributed by atoms with E-state index in [1.165, 1.54) is 16.7 Å². The van der Waals surface area contributed by atoms with Crippen LogP contribution in [0.15, 0.2) is 72.0 Å². The summed E-state index contributed by atoms with van der Waals surface area (Å²) in [6.45, 7) is 5.52. The Morgan fingerprint density at radius 2 is 1.80 bits per heavy atom. The van der Waals surface area contributed by atoms with Gasteiger partial charge < -0.3 is 5.32 Å². The Kier molecular flexibility index (Phi) is 8.16. The van der Waals surface area contributed by atoms with E-state index >= 15 is 0 Å². The van der Waals surface area contributed by atoms with E-state index in [2.05, 4.69) is 52.2 Å². The largest absolute Gasteiger partial charge is 0.307 e. The molecule has 2 aromatic heterocycles. The summed E-state index contributed by atoms with van der Waals surface area (Å²) in [5.41, 5.74) is 4.72. The van der Waals surface area contributed by atoms with Crippen molar-refractivity contribution in [2.75, 3.05) is 0 Å². The van der Waals surface area contributed by atoms with Gasteiger partial charge in [0.05, 0.1) is 5.69 Å². The van der Waals surface area contributed by atoms with E-state index in [1.54, 1.807) is 6.20 Å². The van der Waals surface area contributed by atoms with E-state index in [1.807, 2.05) is 50.5 Å². The molecule has 3 aromatic rings. The maximum atomic E-state index is 4.56. The van der Waals surface area contributed by atoms with Gasteiger partial charge in [0.1, 0.15) is 0 Å². The molecule has 0 aliphatic rings. The van der Waals surface area contributed by atoms with Gasteiger partial charge in [-0.3, -0.25) is 9.97 Å². The summed E-state index contributed by atoms with van der Waals surface area (Å²) in [4.78, 5) is 9.49. The van der Waals surface area contributed by atoms with Gasteiger partial charge in [-0.05, 0) is 47.4 Å². The van der Waals surface area contributed by atoms with Gasteiger partial charge in [-0.15, -0.1) is 12.6 Å². The summed E-state index contributed by atoms with van der Waals surface area (Å²) in [7, 11) is 0. The molecule has 130 valence electrons. The molecule has 0 saturated heterocycles. The van der Waals surface area contributed by atoms with E-state index in [0.717, 1.165) is 30.1 Å². The number of thiol groups is 1. The van der Waals surface area contributed by atoms with Gasteiger partial charge in [-0.1, -0.05) is 38.1 Å². The summed E-state index contributed by atoms with van der Waals surface area (Å²) in [6, 6.07) is 16.4. The van der Waals surface area contributed by atoms with Crippen molar-refractivity contribution in [3.63, 3.8) is 0 Å². The SMILES string of the molecule is CC.Sc1ccc(Cc2cccnc2)cc1CNCc1ccccn1. The average molecular weight is 352 g/mol. The van der Waals surface area contributed by atoms with Crippen LogP contribution in [0.5, 0.6) is 0 Å². The van der Waals surface area contributed by atoms with Gasteiger partial charge in [0.15, 0.2) is 0 Å². The Bertz CT molecular complexity index is 746. The first kappa shape index (κ1) is 19.2. The topological polar surface area (TPSA) is 37.8 Å². The molecule has 4 heteroatoms. The van der Waals surface area contributed by atoms with Gasteiger partial charge in [0.2, 0.25) is 0 Å². The lowest BCUT2D eigenvalue weighted by Gasteiger charge is -2.10. The molecular weight excluding hydrogens is 326 g/mol. The van der Waals surface area contributed by atoms with Crippen molar-refractivity contribution in [2.24, 2.45) is 0 Å². The fourth-order valence-corrected chi connectivity index (χ4v) is 2.67. The number of pyridine rings is 2. The Morgan fingerprint density at radius 1 is 0.920 bits per heavy atom. The number of hydrogen-bond acceptors (Lipinski definition) is 4. The number of benzene rings is 1. The van der Waals surface area contributed by atoms with Crippen LogP contribution < -0.4 is 5.32 Å². The van der Waals surface area contributed by atoms with Gasteiger partial charge in [-0.2, -0.15) is 0 Å². The van der Waals surface area contributed by atoms with Gasteiger partial charge in [-0.25, -0.2) is 0 Å². The molecule has 0 saturated carbocycles. The van der Waals surface area contributed by atoms with E-state index in [9.17, 15) is 0 Å². The molecule has 25 heavy (non-hydrogen) atoms. The van der Waals surface area contributed by atoms with Crippen molar-refractivity contribution in [3.05, 3.63) is 89.5 Å². The smallest absolute Gasteiger partial charge is 0.0541 e. The highest BCUT2D eigenvalue weighted by Gasteiger charge is 2.03. The van der Waals surface area contributed by atoms with Crippen molar-refractivity contribution < 1.29 is 0 Å². The highest BCUT2D eigenvalue weighted by atomic mass is 32.1. The van der Waals surface area contributed by atoms with Crippen LogP contribution in [-0.2, 0) is 19.5 Å². The predicted molar refractivity (Wildman–Crippen MR) is 107 cm³/mol. The Labute approximate surface area is 156 Å². The minimum Gasteiger partial charge on any atom is -0.307 e. The lowest BCUT2D eigenvalue weighted by Crippen LogP contribution is -2.14. The highest BCUT2D eigenvalue weighted by Crippen LogP contribution is 2.18. The minimum atomic E-state index is 0.751. The number of hydrogen-bond donors (Lipinski definition) is 2. The molecule has 2 heterocycles. The molecule has 0 unspecified atom stereocenters. The first-order valence-corrected chi connectivity index (χ1v) is 9.06. The normalized spacial score (nSPS) is 10.0. The van der Waals surface area contributed by atoms with Crippen molar-refractivity contribution in [1.82, 2.24) is 15.3 Å². The molecule has 0 amide bonds. The molecule has 1 N–H and O–H groups in total. The monoisotopic (exact) mass is 351 g/mol. The fourth-order valence-electron chi connectivity index (χ4n) is 2.46. The quantitative estimate of drug-likeness (QED) is 0.634. The van der Waals surface area contributed by atoms with Gasteiger partial charge in [0.25, 0.3) is 0 Å². The van der Waals surface area contributed by atoms with Gasteiger partial charge >= 0.3 is 0 Å². The number of aromatic nitrogens is 2. The third-order valence-electron chi connectivity index (χ3n) is 3.62. The van der Waals surface area contributed by atoms with E-state index in [-0.39, 0.29) is 0 Å². The second-order valence-electron chi connectivity index (χ2n) is 5.43. The zero-order chi connectivity index (χ0) is 17.9. The standard InChI is InChI=1S/C19H19N3S.C2H6/c23-19-7-6-15(10-16-4-3-8-20-12-16)11-17(19)13-21-14-18-5-1-2-9-22-18;1-2/h1-9,11-12,21,23H,10,13-14H2;1-2H3. The van der Waals surface area contributed by atoms with Crippen molar-refractivity contribution >= 4 is 12.6 Å². The molecule has 0 atom stereocenters. The van der Waals surface area contributed by atoms with Crippen LogP contribution in [0.25, 0.3) is 0 Å². The second kappa shape index (κ2) is 10.6. The zero-order valence-corrected chi connectivity index (χ0v) is 15.7. The van der Waals surface area contributed by atoms with E-state index in [4.69, 9.17) is 0 Å². The molecule has 0 bridgehead atoms. The zero-order valence-electron chi connectivity index (χ0n) is 14.8. The minimum absolute atomic E-state index is 0.751. The third kappa shape index (κ3) is 6.33. The summed E-state index contributed by atoms with van der Waals surface area (Å²) in [5.74, 6) is 0. The van der Waals surface area contributed by atoms with Crippen LogP contribution in [-0.4, -0.2) is 9.97 Å². The number of nitrogens with zero attached hydrogens (tertiary/aromatic N) is 2. The Hall–Kier alpha value is -2.17. The molecule has 0 aliphatic heterocycles. The lowest BCUT2D eigenvalue weighted by molar-refractivity contribution is 0.672. The van der Waals surface area contributed by atoms with Gasteiger partial charge in [0, 0.05) is 36.6 Å². The molecule has 0 radical (unpaired) electrons. The second-order valence-corrected chi connectivity index (χ2v) is 5.91. The van der Waals surface area contributed by atoms with Crippen LogP contribution >= 0.6 is 12.6 Å². The molecule has 1 aromatic carbocycles. The summed E-state index contributed by atoms with van der Waals surface area (Å²) in [6.07, 6.45) is 6.41. The third-order valence-corrected chi connectivity index (χ3v) is 4.06.